The van der Waals surface area contributed by atoms with Gasteiger partial charge in [-0.15, -0.1) is 0 Å². The Morgan fingerprint density at radius 3 is 2.61 bits per heavy atom. The molecule has 1 N–H and O–H groups in total. The monoisotopic (exact) mass is 321 g/mol. The summed E-state index contributed by atoms with van der Waals surface area (Å²) in [5.41, 5.74) is 0.520. The zero-order valence-electron chi connectivity index (χ0n) is 13.5. The van der Waals surface area contributed by atoms with Crippen LogP contribution in [0.15, 0.2) is 24.3 Å². The van der Waals surface area contributed by atoms with Crippen LogP contribution in [-0.4, -0.2) is 53.8 Å². The van der Waals surface area contributed by atoms with Crippen LogP contribution in [0.4, 0.5) is 0 Å². The Hall–Kier alpha value is -2.08. The second-order valence-electron chi connectivity index (χ2n) is 5.71. The highest BCUT2D eigenvalue weighted by Gasteiger charge is 2.32. The van der Waals surface area contributed by atoms with E-state index in [1.807, 2.05) is 0 Å². The lowest BCUT2D eigenvalue weighted by Gasteiger charge is -2.35. The van der Waals surface area contributed by atoms with Crippen LogP contribution in [0.2, 0.25) is 0 Å². The number of rotatable bonds is 6. The van der Waals surface area contributed by atoms with Crippen LogP contribution in [0.25, 0.3) is 0 Å². The molecule has 2 rings (SSSR count). The van der Waals surface area contributed by atoms with E-state index < -0.39 is 12.1 Å². The molecular weight excluding hydrogens is 298 g/mol. The maximum atomic E-state index is 12.5. The molecule has 23 heavy (non-hydrogen) atoms. The number of carbonyl (C=O) groups is 2. The Kier molecular flexibility index (Phi) is 5.98. The molecule has 0 radical (unpaired) electrons. The molecule has 0 bridgehead atoms. The number of hydrogen-bond acceptors (Lipinski definition) is 4. The molecule has 0 saturated carbocycles. The first-order valence-corrected chi connectivity index (χ1v) is 7.91. The number of nitrogens with zero attached hydrogens (tertiary/aromatic N) is 1. The fraction of sp³-hybridized carbons (Fsp3) is 0.529. The summed E-state index contributed by atoms with van der Waals surface area (Å²) in [6, 6.07) is 6.95. The number of morpholine rings is 1. The molecule has 0 aliphatic carbocycles. The maximum absolute atomic E-state index is 12.5. The number of carbonyl (C=O) groups excluding carboxylic acids is 1. The van der Waals surface area contributed by atoms with E-state index in [-0.39, 0.29) is 18.6 Å². The number of carboxylic acid groups (broad SMARTS) is 1. The summed E-state index contributed by atoms with van der Waals surface area (Å²) in [4.78, 5) is 25.1. The highest BCUT2D eigenvalue weighted by molar-refractivity contribution is 5.94. The molecule has 1 aromatic carbocycles. The van der Waals surface area contributed by atoms with E-state index in [4.69, 9.17) is 14.6 Å². The molecule has 1 aliphatic heterocycles. The SMILES string of the molecule is CCCCOc1ccc(C(=O)N2CC(C(=O)O)O[C@H](C)C2)cc1. The first kappa shape index (κ1) is 17.3. The lowest BCUT2D eigenvalue weighted by molar-refractivity contribution is -0.160. The standard InChI is InChI=1S/C17H23NO5/c1-3-4-9-22-14-7-5-13(6-8-14)16(19)18-10-12(2)23-15(11-18)17(20)21/h5-8,12,15H,3-4,9-11H2,1-2H3,(H,20,21)/t12-,15?/m1/s1. The topological polar surface area (TPSA) is 76.1 Å². The highest BCUT2D eigenvalue weighted by Crippen LogP contribution is 2.18. The molecule has 2 atom stereocenters. The van der Waals surface area contributed by atoms with Crippen LogP contribution < -0.4 is 4.74 Å². The van der Waals surface area contributed by atoms with Crippen molar-refractivity contribution in [3.8, 4) is 5.75 Å². The minimum Gasteiger partial charge on any atom is -0.494 e. The van der Waals surface area contributed by atoms with Gasteiger partial charge in [-0.1, -0.05) is 13.3 Å². The average molecular weight is 321 g/mol. The average Bonchev–Trinajstić information content (AvgIpc) is 2.54. The van der Waals surface area contributed by atoms with Crippen molar-refractivity contribution in [1.82, 2.24) is 4.90 Å². The van der Waals surface area contributed by atoms with Gasteiger partial charge >= 0.3 is 5.97 Å². The molecule has 1 amide bonds. The molecular formula is C17H23NO5. The Bertz CT molecular complexity index is 542. The summed E-state index contributed by atoms with van der Waals surface area (Å²) in [6.07, 6.45) is 0.782. The van der Waals surface area contributed by atoms with Crippen molar-refractivity contribution in [3.63, 3.8) is 0 Å². The summed E-state index contributed by atoms with van der Waals surface area (Å²) in [5.74, 6) is -0.505. The second-order valence-corrected chi connectivity index (χ2v) is 5.71. The van der Waals surface area contributed by atoms with Gasteiger partial charge in [-0.2, -0.15) is 0 Å². The summed E-state index contributed by atoms with van der Waals surface area (Å²) in [7, 11) is 0. The van der Waals surface area contributed by atoms with Crippen LogP contribution in [0.5, 0.6) is 5.75 Å². The van der Waals surface area contributed by atoms with Gasteiger partial charge in [-0.25, -0.2) is 4.79 Å². The van der Waals surface area contributed by atoms with Gasteiger partial charge in [0.2, 0.25) is 0 Å². The first-order valence-electron chi connectivity index (χ1n) is 7.91. The van der Waals surface area contributed by atoms with Gasteiger partial charge in [0.1, 0.15) is 5.75 Å². The van der Waals surface area contributed by atoms with Crippen molar-refractivity contribution < 1.29 is 24.2 Å². The van der Waals surface area contributed by atoms with Gasteiger partial charge in [-0.05, 0) is 37.6 Å². The van der Waals surface area contributed by atoms with Crippen LogP contribution in [0.1, 0.15) is 37.0 Å². The quantitative estimate of drug-likeness (QED) is 0.813. The summed E-state index contributed by atoms with van der Waals surface area (Å²) in [5, 5.41) is 9.09. The third kappa shape index (κ3) is 4.69. The highest BCUT2D eigenvalue weighted by atomic mass is 16.5. The Morgan fingerprint density at radius 1 is 1.30 bits per heavy atom. The normalized spacial score (nSPS) is 21.0. The van der Waals surface area contributed by atoms with Gasteiger partial charge < -0.3 is 19.5 Å². The second kappa shape index (κ2) is 7.97. The Labute approximate surface area is 136 Å². The van der Waals surface area contributed by atoms with Crippen molar-refractivity contribution in [2.75, 3.05) is 19.7 Å². The molecule has 6 nitrogen and oxygen atoms in total. The largest absolute Gasteiger partial charge is 0.494 e. The lowest BCUT2D eigenvalue weighted by atomic mass is 10.1. The molecule has 1 saturated heterocycles. The van der Waals surface area contributed by atoms with E-state index in [0.717, 1.165) is 18.6 Å². The lowest BCUT2D eigenvalue weighted by Crippen LogP contribution is -2.51. The third-order valence-electron chi connectivity index (χ3n) is 3.69. The van der Waals surface area contributed by atoms with Crippen LogP contribution in [-0.2, 0) is 9.53 Å². The minimum atomic E-state index is -1.05. The Balaban J connectivity index is 2.00. The zero-order chi connectivity index (χ0) is 16.8. The van der Waals surface area contributed by atoms with E-state index >= 15 is 0 Å². The third-order valence-corrected chi connectivity index (χ3v) is 3.69. The van der Waals surface area contributed by atoms with E-state index in [9.17, 15) is 9.59 Å². The molecule has 1 unspecified atom stereocenters. The molecule has 1 aromatic rings. The number of carboxylic acids is 1. The van der Waals surface area contributed by atoms with Gasteiger partial charge in [-0.3, -0.25) is 4.79 Å². The minimum absolute atomic E-state index is 0.0628. The smallest absolute Gasteiger partial charge is 0.334 e. The Morgan fingerprint density at radius 2 is 2.00 bits per heavy atom. The number of amides is 1. The molecule has 6 heteroatoms. The number of hydrogen-bond donors (Lipinski definition) is 1. The van der Waals surface area contributed by atoms with Crippen molar-refractivity contribution in [2.45, 2.75) is 38.9 Å². The number of aliphatic carboxylic acids is 1. The van der Waals surface area contributed by atoms with Crippen molar-refractivity contribution in [3.05, 3.63) is 29.8 Å². The van der Waals surface area contributed by atoms with E-state index in [1.54, 1.807) is 31.2 Å². The van der Waals surface area contributed by atoms with Crippen molar-refractivity contribution in [1.29, 1.82) is 0 Å². The predicted molar refractivity (Wildman–Crippen MR) is 84.7 cm³/mol. The molecule has 1 aliphatic rings. The van der Waals surface area contributed by atoms with Gasteiger partial charge in [0, 0.05) is 12.1 Å². The molecule has 1 heterocycles. The first-order chi connectivity index (χ1) is 11.0. The maximum Gasteiger partial charge on any atom is 0.334 e. The van der Waals surface area contributed by atoms with Crippen molar-refractivity contribution in [2.24, 2.45) is 0 Å². The molecule has 1 fully saturated rings. The van der Waals surface area contributed by atoms with E-state index in [0.29, 0.717) is 18.7 Å². The van der Waals surface area contributed by atoms with Crippen molar-refractivity contribution >= 4 is 11.9 Å². The number of benzene rings is 1. The van der Waals surface area contributed by atoms with Gasteiger partial charge in [0.05, 0.1) is 19.3 Å². The zero-order valence-corrected chi connectivity index (χ0v) is 13.5. The van der Waals surface area contributed by atoms with Crippen LogP contribution in [0, 0.1) is 0 Å². The fourth-order valence-electron chi connectivity index (χ4n) is 2.46. The summed E-state index contributed by atoms with van der Waals surface area (Å²) < 4.78 is 10.9. The van der Waals surface area contributed by atoms with E-state index in [1.165, 1.54) is 4.90 Å². The van der Waals surface area contributed by atoms with Gasteiger partial charge in [0.25, 0.3) is 5.91 Å². The van der Waals surface area contributed by atoms with E-state index in [2.05, 4.69) is 6.92 Å². The fourth-order valence-corrected chi connectivity index (χ4v) is 2.46. The van der Waals surface area contributed by atoms with Crippen LogP contribution >= 0.6 is 0 Å². The summed E-state index contributed by atoms with van der Waals surface area (Å²) >= 11 is 0. The molecule has 0 aromatic heterocycles. The number of ether oxygens (including phenoxy) is 2. The molecule has 0 spiro atoms. The molecule has 126 valence electrons. The summed E-state index contributed by atoms with van der Waals surface area (Å²) in [6.45, 7) is 4.97. The van der Waals surface area contributed by atoms with Crippen LogP contribution in [0.3, 0.4) is 0 Å². The number of unbranched alkanes of at least 4 members (excludes halogenated alkanes) is 1. The predicted octanol–water partition coefficient (Wildman–Crippen LogP) is 2.18. The van der Waals surface area contributed by atoms with Gasteiger partial charge in [0.15, 0.2) is 6.10 Å².